The van der Waals surface area contributed by atoms with Crippen molar-refractivity contribution in [2.24, 2.45) is 5.92 Å². The summed E-state index contributed by atoms with van der Waals surface area (Å²) in [5.41, 5.74) is 7.16. The molecule has 0 saturated carbocycles. The number of nitrogen functional groups attached to an aromatic ring is 1. The number of H-pyrrole nitrogens is 1. The van der Waals surface area contributed by atoms with Gasteiger partial charge in [-0.3, -0.25) is 9.89 Å². The molecule has 1 rings (SSSR count). The number of hydrogen-bond donors (Lipinski definition) is 4. The van der Waals surface area contributed by atoms with E-state index in [2.05, 4.69) is 15.5 Å². The highest BCUT2D eigenvalue weighted by atomic mass is 16.3. The van der Waals surface area contributed by atoms with Crippen LogP contribution in [0.3, 0.4) is 0 Å². The Bertz CT molecular complexity index is 413. The van der Waals surface area contributed by atoms with Gasteiger partial charge in [-0.2, -0.15) is 5.10 Å². The van der Waals surface area contributed by atoms with Crippen LogP contribution in [0.1, 0.15) is 49.8 Å². The first-order valence-electron chi connectivity index (χ1n) is 6.83. The number of rotatable bonds is 7. The van der Waals surface area contributed by atoms with Crippen LogP contribution in [0.2, 0.25) is 0 Å². The molecule has 19 heavy (non-hydrogen) atoms. The highest BCUT2D eigenvalue weighted by Gasteiger charge is 2.19. The van der Waals surface area contributed by atoms with Crippen molar-refractivity contribution < 1.29 is 9.90 Å². The molecule has 0 aliphatic carbocycles. The van der Waals surface area contributed by atoms with Gasteiger partial charge in [-0.25, -0.2) is 0 Å². The second-order valence-corrected chi connectivity index (χ2v) is 4.67. The van der Waals surface area contributed by atoms with Crippen LogP contribution in [0.4, 0.5) is 5.69 Å². The Morgan fingerprint density at radius 3 is 2.53 bits per heavy atom. The predicted molar refractivity (Wildman–Crippen MR) is 74.8 cm³/mol. The van der Waals surface area contributed by atoms with E-state index in [0.717, 1.165) is 18.5 Å². The van der Waals surface area contributed by atoms with E-state index in [1.54, 1.807) is 0 Å². The quantitative estimate of drug-likeness (QED) is 0.594. The molecular weight excluding hydrogens is 244 g/mol. The van der Waals surface area contributed by atoms with Gasteiger partial charge in [0, 0.05) is 6.54 Å². The zero-order valence-corrected chi connectivity index (χ0v) is 11.9. The summed E-state index contributed by atoms with van der Waals surface area (Å²) < 4.78 is 0. The lowest BCUT2D eigenvalue weighted by Gasteiger charge is -2.20. The van der Waals surface area contributed by atoms with Crippen LogP contribution in [0.5, 0.6) is 0 Å². The fraction of sp³-hybridized carbons (Fsp3) is 0.692. The number of nitrogens with one attached hydrogen (secondary N) is 2. The minimum Gasteiger partial charge on any atom is -0.395 e. The molecule has 6 nitrogen and oxygen atoms in total. The number of nitrogens with two attached hydrogens (primary N) is 1. The Balaban J connectivity index is 2.58. The van der Waals surface area contributed by atoms with Crippen molar-refractivity contribution in [3.05, 3.63) is 11.4 Å². The van der Waals surface area contributed by atoms with E-state index in [-0.39, 0.29) is 24.1 Å². The fourth-order valence-electron chi connectivity index (χ4n) is 2.11. The minimum atomic E-state index is -0.537. The molecule has 1 amide bonds. The van der Waals surface area contributed by atoms with Gasteiger partial charge in [0.2, 0.25) is 0 Å². The molecule has 1 aromatic heterocycles. The molecule has 1 aromatic rings. The largest absolute Gasteiger partial charge is 0.395 e. The second kappa shape index (κ2) is 7.13. The van der Waals surface area contributed by atoms with E-state index in [4.69, 9.17) is 5.73 Å². The van der Waals surface area contributed by atoms with Crippen LogP contribution >= 0.6 is 0 Å². The highest BCUT2D eigenvalue weighted by Crippen LogP contribution is 2.15. The van der Waals surface area contributed by atoms with Crippen LogP contribution in [0.15, 0.2) is 0 Å². The van der Waals surface area contributed by atoms with Crippen molar-refractivity contribution in [2.75, 3.05) is 12.3 Å². The minimum absolute atomic E-state index is 0.197. The molecule has 0 radical (unpaired) electrons. The van der Waals surface area contributed by atoms with Gasteiger partial charge in [-0.05, 0) is 12.3 Å². The van der Waals surface area contributed by atoms with Crippen LogP contribution < -0.4 is 11.1 Å². The smallest absolute Gasteiger partial charge is 0.274 e. The Hall–Kier alpha value is -1.56. The summed E-state index contributed by atoms with van der Waals surface area (Å²) in [4.78, 5) is 11.9. The molecule has 0 fully saturated rings. The molecule has 1 unspecified atom stereocenters. The van der Waals surface area contributed by atoms with E-state index >= 15 is 0 Å². The van der Waals surface area contributed by atoms with E-state index < -0.39 is 6.10 Å². The summed E-state index contributed by atoms with van der Waals surface area (Å²) in [5, 5.41) is 19.3. The average Bonchev–Trinajstić information content (AvgIpc) is 2.78. The third-order valence-electron chi connectivity index (χ3n) is 3.52. The molecule has 0 aliphatic heterocycles. The van der Waals surface area contributed by atoms with Crippen molar-refractivity contribution in [3.8, 4) is 0 Å². The van der Waals surface area contributed by atoms with Crippen LogP contribution in [0, 0.1) is 5.92 Å². The maximum absolute atomic E-state index is 11.9. The summed E-state index contributed by atoms with van der Waals surface area (Å²) in [5.74, 6) is -0.151. The van der Waals surface area contributed by atoms with E-state index in [9.17, 15) is 9.90 Å². The third kappa shape index (κ3) is 3.70. The van der Waals surface area contributed by atoms with Gasteiger partial charge < -0.3 is 16.2 Å². The van der Waals surface area contributed by atoms with Crippen molar-refractivity contribution in [2.45, 2.75) is 46.1 Å². The molecule has 1 atom stereocenters. The maximum Gasteiger partial charge on any atom is 0.274 e. The van der Waals surface area contributed by atoms with Gasteiger partial charge in [-0.1, -0.05) is 33.6 Å². The molecule has 1 heterocycles. The van der Waals surface area contributed by atoms with Gasteiger partial charge in [0.15, 0.2) is 5.69 Å². The number of aromatic amines is 1. The fourth-order valence-corrected chi connectivity index (χ4v) is 2.11. The first kappa shape index (κ1) is 15.5. The number of nitrogens with zero attached hydrogens (tertiary/aromatic N) is 1. The van der Waals surface area contributed by atoms with Crippen molar-refractivity contribution >= 4 is 11.6 Å². The molecule has 0 aliphatic rings. The third-order valence-corrected chi connectivity index (χ3v) is 3.52. The Morgan fingerprint density at radius 2 is 2.05 bits per heavy atom. The summed E-state index contributed by atoms with van der Waals surface area (Å²) in [7, 11) is 0. The van der Waals surface area contributed by atoms with Gasteiger partial charge in [0.1, 0.15) is 0 Å². The number of hydrogen-bond acceptors (Lipinski definition) is 4. The number of aryl methyl sites for hydroxylation is 1. The average molecular weight is 268 g/mol. The summed E-state index contributed by atoms with van der Waals surface area (Å²) >= 11 is 0. The monoisotopic (exact) mass is 268 g/mol. The van der Waals surface area contributed by atoms with E-state index in [1.165, 1.54) is 0 Å². The van der Waals surface area contributed by atoms with Gasteiger partial charge in [0.25, 0.3) is 5.91 Å². The molecule has 0 spiro atoms. The van der Waals surface area contributed by atoms with Gasteiger partial charge in [-0.15, -0.1) is 0 Å². The Kier molecular flexibility index (Phi) is 5.82. The molecule has 6 heteroatoms. The van der Waals surface area contributed by atoms with Gasteiger partial charge >= 0.3 is 0 Å². The summed E-state index contributed by atoms with van der Waals surface area (Å²) in [6.45, 7) is 6.21. The van der Waals surface area contributed by atoms with E-state index in [1.807, 2.05) is 20.8 Å². The molecule has 0 saturated heterocycles. The zero-order valence-electron chi connectivity index (χ0n) is 11.9. The first-order chi connectivity index (χ1) is 9.04. The number of aromatic nitrogens is 2. The summed E-state index contributed by atoms with van der Waals surface area (Å²) in [6.07, 6.45) is 1.93. The molecule has 0 bridgehead atoms. The zero-order chi connectivity index (χ0) is 14.4. The SMILES string of the molecule is CCc1[nH]nc(C(=O)NCC(O)C(CC)CC)c1N. The van der Waals surface area contributed by atoms with Gasteiger partial charge in [0.05, 0.1) is 17.5 Å². The van der Waals surface area contributed by atoms with Crippen molar-refractivity contribution in [3.63, 3.8) is 0 Å². The summed E-state index contributed by atoms with van der Waals surface area (Å²) in [6, 6.07) is 0. The van der Waals surface area contributed by atoms with Crippen LogP contribution in [-0.2, 0) is 6.42 Å². The number of amides is 1. The Morgan fingerprint density at radius 1 is 1.42 bits per heavy atom. The standard InChI is InChI=1S/C13H24N4O2/c1-4-8(5-2)10(18)7-15-13(19)12-11(14)9(6-3)16-17-12/h8,10,18H,4-7,14H2,1-3H3,(H,15,19)(H,16,17). The van der Waals surface area contributed by atoms with Crippen molar-refractivity contribution in [1.82, 2.24) is 15.5 Å². The topological polar surface area (TPSA) is 104 Å². The number of carbonyl (C=O) groups is 1. The van der Waals surface area contributed by atoms with Crippen LogP contribution in [0.25, 0.3) is 0 Å². The normalized spacial score (nSPS) is 12.7. The lowest BCUT2D eigenvalue weighted by Crippen LogP contribution is -2.36. The second-order valence-electron chi connectivity index (χ2n) is 4.67. The lowest BCUT2D eigenvalue weighted by molar-refractivity contribution is 0.0813. The lowest BCUT2D eigenvalue weighted by atomic mass is 9.96. The maximum atomic E-state index is 11.9. The highest BCUT2D eigenvalue weighted by molar-refractivity contribution is 5.97. The predicted octanol–water partition coefficient (Wildman–Crippen LogP) is 1.08. The Labute approximate surface area is 113 Å². The van der Waals surface area contributed by atoms with Crippen molar-refractivity contribution in [1.29, 1.82) is 0 Å². The molecule has 108 valence electrons. The number of anilines is 1. The molecule has 0 aromatic carbocycles. The number of carbonyl (C=O) groups excluding carboxylic acids is 1. The number of aliphatic hydroxyl groups is 1. The number of aliphatic hydroxyl groups excluding tert-OH is 1. The van der Waals surface area contributed by atoms with E-state index in [0.29, 0.717) is 12.1 Å². The molecular formula is C13H24N4O2. The van der Waals surface area contributed by atoms with Crippen LogP contribution in [-0.4, -0.2) is 33.9 Å². The molecule has 5 N–H and O–H groups in total. The first-order valence-corrected chi connectivity index (χ1v) is 6.83.